The van der Waals surface area contributed by atoms with E-state index < -0.39 is 18.9 Å². The number of rotatable bonds is 10. The maximum atomic E-state index is 13.0. The summed E-state index contributed by atoms with van der Waals surface area (Å²) in [6, 6.07) is 0. The van der Waals surface area contributed by atoms with E-state index in [0.29, 0.717) is 0 Å². The van der Waals surface area contributed by atoms with Gasteiger partial charge >= 0.3 is 7.82 Å². The van der Waals surface area contributed by atoms with Crippen LogP contribution in [-0.2, 0) is 32.7 Å². The number of phosphoric acid groups is 1. The molecule has 0 aromatic carbocycles. The van der Waals surface area contributed by atoms with Gasteiger partial charge in [0, 0.05) is 26.1 Å². The number of ether oxygens (including phenoxy) is 2. The third-order valence-electron chi connectivity index (χ3n) is 7.56. The second-order valence-corrected chi connectivity index (χ2v) is 10.6. The highest BCUT2D eigenvalue weighted by molar-refractivity contribution is 7.47. The minimum atomic E-state index is -4.52. The van der Waals surface area contributed by atoms with Crippen LogP contribution in [0.2, 0.25) is 0 Å². The van der Waals surface area contributed by atoms with E-state index in [1.54, 1.807) is 0 Å². The van der Waals surface area contributed by atoms with Gasteiger partial charge in [0.2, 0.25) is 0 Å². The fourth-order valence-electron chi connectivity index (χ4n) is 5.84. The zero-order valence-corrected chi connectivity index (χ0v) is 19.2. The van der Waals surface area contributed by atoms with Gasteiger partial charge in [0.05, 0.1) is 26.4 Å². The van der Waals surface area contributed by atoms with Crippen LogP contribution in [0.3, 0.4) is 0 Å². The van der Waals surface area contributed by atoms with Crippen LogP contribution in [0.1, 0.15) is 25.7 Å². The van der Waals surface area contributed by atoms with Gasteiger partial charge in [-0.1, -0.05) is 0 Å². The third kappa shape index (κ3) is 4.06. The molecule has 6 saturated heterocycles. The second kappa shape index (κ2) is 8.91. The zero-order valence-electron chi connectivity index (χ0n) is 18.3. The lowest BCUT2D eigenvalue weighted by Gasteiger charge is -2.52. The van der Waals surface area contributed by atoms with Crippen LogP contribution in [0.25, 0.3) is 0 Å². The summed E-state index contributed by atoms with van der Waals surface area (Å²) in [6.45, 7) is 2.49. The molecule has 4 bridgehead atoms. The second-order valence-electron chi connectivity index (χ2n) is 9.20. The van der Waals surface area contributed by atoms with Crippen molar-refractivity contribution in [3.63, 3.8) is 0 Å². The van der Waals surface area contributed by atoms with E-state index in [1.165, 1.54) is 14.2 Å². The Morgan fingerprint density at radius 3 is 1.45 bits per heavy atom. The van der Waals surface area contributed by atoms with Crippen molar-refractivity contribution in [1.82, 2.24) is 9.80 Å². The summed E-state index contributed by atoms with van der Waals surface area (Å²) in [4.78, 5) is 40.4. The average molecular weight is 460 g/mol. The molecule has 0 spiro atoms. The Kier molecular flexibility index (Phi) is 6.74. The number of fused-ring (bicyclic) bond motifs is 6. The van der Waals surface area contributed by atoms with Gasteiger partial charge < -0.3 is 14.4 Å². The molecule has 6 fully saturated rings. The minimum Gasteiger partial charge on any atom is -0.382 e. The van der Waals surface area contributed by atoms with E-state index in [-0.39, 0.29) is 49.8 Å². The van der Waals surface area contributed by atoms with Crippen LogP contribution >= 0.6 is 7.82 Å². The molecule has 1 N–H and O–H groups in total. The topological polar surface area (TPSA) is 115 Å². The molecule has 6 heterocycles. The van der Waals surface area contributed by atoms with Gasteiger partial charge in [-0.25, -0.2) is 4.57 Å². The molecule has 6 rings (SSSR count). The van der Waals surface area contributed by atoms with Crippen LogP contribution in [-0.4, -0.2) is 104 Å². The first kappa shape index (κ1) is 23.4. The van der Waals surface area contributed by atoms with Crippen LogP contribution in [0.15, 0.2) is 0 Å². The molecule has 0 aromatic rings. The maximum Gasteiger partial charge on any atom is 0.472 e. The molecule has 31 heavy (non-hydrogen) atoms. The lowest BCUT2D eigenvalue weighted by molar-refractivity contribution is -0.159. The summed E-state index contributed by atoms with van der Waals surface area (Å²) in [5.41, 5.74) is -2.16. The van der Waals surface area contributed by atoms with E-state index >= 15 is 0 Å². The number of methoxy groups -OCH3 is 2. The van der Waals surface area contributed by atoms with E-state index in [0.717, 1.165) is 51.9 Å². The summed E-state index contributed by atoms with van der Waals surface area (Å²) in [6.07, 6.45) is 3.15. The molecular weight excluding hydrogens is 427 g/mol. The standard InChI is InChI=1S/C20H33N2O8P/c1-27-11-19(17(23)15-3-7-21(19)8-4-15)13-29-31(25,26)30-14-20(12-28-2)18(24)16-5-9-22(20)10-6-16/h15-16H,3-14H2,1-2H3,(H,25,26). The highest BCUT2D eigenvalue weighted by atomic mass is 31.2. The predicted octanol–water partition coefficient (Wildman–Crippen LogP) is 0.480. The van der Waals surface area contributed by atoms with Gasteiger partial charge in [-0.15, -0.1) is 0 Å². The van der Waals surface area contributed by atoms with Crippen LogP contribution in [0, 0.1) is 11.8 Å². The SMILES string of the molecule is COCC1(COP(=O)(O)OCC2(COC)C(=O)C3CCN2CC3)C(=O)C2CCN1CC2. The normalized spacial score (nSPS) is 41.5. The highest BCUT2D eigenvalue weighted by Gasteiger charge is 2.56. The van der Waals surface area contributed by atoms with Crippen LogP contribution in [0.5, 0.6) is 0 Å². The number of hydrogen-bond donors (Lipinski definition) is 1. The molecule has 6 aliphatic rings. The lowest BCUT2D eigenvalue weighted by atomic mass is 9.74. The molecular formula is C20H33N2O8P. The molecule has 11 heteroatoms. The van der Waals surface area contributed by atoms with Gasteiger partial charge in [-0.05, 0) is 51.9 Å². The Hall–Kier alpha value is -0.710. The van der Waals surface area contributed by atoms with Crippen molar-refractivity contribution in [1.29, 1.82) is 0 Å². The fraction of sp³-hybridized carbons (Fsp3) is 0.900. The van der Waals surface area contributed by atoms with Crippen molar-refractivity contribution in [3.8, 4) is 0 Å². The van der Waals surface area contributed by atoms with Crippen LogP contribution < -0.4 is 0 Å². The Balaban J connectivity index is 1.44. The summed E-state index contributed by atoms with van der Waals surface area (Å²) in [5.74, 6) is -0.158. The number of carbonyl (C=O) groups is 2. The molecule has 10 nitrogen and oxygen atoms in total. The molecule has 0 aliphatic carbocycles. The number of carbonyl (C=O) groups excluding carboxylic acids is 2. The summed E-state index contributed by atoms with van der Waals surface area (Å²) in [5, 5.41) is 0. The number of hydrogen-bond acceptors (Lipinski definition) is 9. The van der Waals surface area contributed by atoms with Gasteiger partial charge in [0.25, 0.3) is 0 Å². The van der Waals surface area contributed by atoms with Gasteiger partial charge in [0.15, 0.2) is 11.6 Å². The molecule has 0 saturated carbocycles. The van der Waals surface area contributed by atoms with Crippen molar-refractivity contribution >= 4 is 19.4 Å². The Bertz CT molecular complexity index is 691. The van der Waals surface area contributed by atoms with E-state index in [4.69, 9.17) is 18.5 Å². The molecule has 2 atom stereocenters. The van der Waals surface area contributed by atoms with Crippen molar-refractivity contribution in [3.05, 3.63) is 0 Å². The zero-order chi connectivity index (χ0) is 22.3. The molecule has 2 unspecified atom stereocenters. The Morgan fingerprint density at radius 2 is 1.16 bits per heavy atom. The predicted molar refractivity (Wildman–Crippen MR) is 110 cm³/mol. The van der Waals surface area contributed by atoms with Crippen LogP contribution in [0.4, 0.5) is 0 Å². The van der Waals surface area contributed by atoms with Crippen molar-refractivity contribution in [2.24, 2.45) is 11.8 Å². The first-order chi connectivity index (χ1) is 14.8. The van der Waals surface area contributed by atoms with Gasteiger partial charge in [-0.2, -0.15) is 0 Å². The molecule has 6 aliphatic heterocycles. The quantitative estimate of drug-likeness (QED) is 0.462. The molecule has 0 aromatic heterocycles. The van der Waals surface area contributed by atoms with E-state index in [9.17, 15) is 19.0 Å². The average Bonchev–Trinajstić information content (AvgIpc) is 2.78. The first-order valence-electron chi connectivity index (χ1n) is 11.0. The molecule has 0 amide bonds. The first-order valence-corrected chi connectivity index (χ1v) is 12.5. The molecule has 176 valence electrons. The number of nitrogens with zero attached hydrogens (tertiary/aromatic N) is 2. The Labute approximate surface area is 182 Å². The van der Waals surface area contributed by atoms with E-state index in [2.05, 4.69) is 0 Å². The lowest BCUT2D eigenvalue weighted by Crippen LogP contribution is -2.69. The highest BCUT2D eigenvalue weighted by Crippen LogP contribution is 2.48. The van der Waals surface area contributed by atoms with Crippen molar-refractivity contribution in [2.75, 3.05) is 66.8 Å². The monoisotopic (exact) mass is 460 g/mol. The maximum absolute atomic E-state index is 13.0. The van der Waals surface area contributed by atoms with E-state index in [1.807, 2.05) is 9.80 Å². The Morgan fingerprint density at radius 1 is 0.806 bits per heavy atom. The minimum absolute atomic E-state index is 0.00594. The summed E-state index contributed by atoms with van der Waals surface area (Å²) >= 11 is 0. The van der Waals surface area contributed by atoms with Gasteiger partial charge in [-0.3, -0.25) is 28.4 Å². The number of phosphoric ester groups is 1. The number of piperidine rings is 6. The van der Waals surface area contributed by atoms with Crippen molar-refractivity contribution in [2.45, 2.75) is 36.8 Å². The fourth-order valence-corrected chi connectivity index (χ4v) is 6.66. The summed E-state index contributed by atoms with van der Waals surface area (Å²) in [7, 11) is -1.52. The number of Topliss-reactive ketones (excluding diaryl/α,β-unsaturated/α-hetero) is 2. The summed E-state index contributed by atoms with van der Waals surface area (Å²) < 4.78 is 34.1. The van der Waals surface area contributed by atoms with Crippen molar-refractivity contribution < 1.29 is 37.6 Å². The smallest absolute Gasteiger partial charge is 0.382 e. The molecule has 0 radical (unpaired) electrons. The van der Waals surface area contributed by atoms with Gasteiger partial charge in [0.1, 0.15) is 11.1 Å². The third-order valence-corrected chi connectivity index (χ3v) is 8.47. The largest absolute Gasteiger partial charge is 0.472 e. The number of ketones is 2.